The molecular weight excluding hydrogens is 226 g/mol. The zero-order valence-electron chi connectivity index (χ0n) is 10.7. The summed E-state index contributed by atoms with van der Waals surface area (Å²) in [6.07, 6.45) is 7.97. The van der Waals surface area contributed by atoms with Gasteiger partial charge in [-0.3, -0.25) is 9.97 Å². The van der Waals surface area contributed by atoms with Crippen molar-refractivity contribution in [1.29, 1.82) is 0 Å². The quantitative estimate of drug-likeness (QED) is 0.865. The van der Waals surface area contributed by atoms with Crippen LogP contribution < -0.4 is 5.32 Å². The highest BCUT2D eigenvalue weighted by Crippen LogP contribution is 2.17. The van der Waals surface area contributed by atoms with Crippen molar-refractivity contribution in [3.63, 3.8) is 0 Å². The van der Waals surface area contributed by atoms with Gasteiger partial charge in [0.25, 0.3) is 0 Å². The third kappa shape index (κ3) is 3.07. The maximum atomic E-state index is 4.46. The molecule has 0 aromatic carbocycles. The smallest absolute Gasteiger partial charge is 0.125 e. The van der Waals surface area contributed by atoms with Crippen molar-refractivity contribution in [2.45, 2.75) is 26.3 Å². The highest BCUT2D eigenvalue weighted by Gasteiger charge is 2.16. The molecule has 0 spiro atoms. The number of aryl methyl sites for hydroxylation is 1. The van der Waals surface area contributed by atoms with E-state index in [1.807, 2.05) is 13.0 Å². The molecule has 0 amide bonds. The van der Waals surface area contributed by atoms with Gasteiger partial charge >= 0.3 is 0 Å². The summed E-state index contributed by atoms with van der Waals surface area (Å²) in [5.74, 6) is 0.764. The monoisotopic (exact) mass is 243 g/mol. The molecule has 0 radical (unpaired) electrons. The highest BCUT2D eigenvalue weighted by atomic mass is 15.0. The molecule has 18 heavy (non-hydrogen) atoms. The third-order valence-electron chi connectivity index (χ3n) is 2.57. The van der Waals surface area contributed by atoms with E-state index in [0.29, 0.717) is 0 Å². The fourth-order valence-corrected chi connectivity index (χ4v) is 1.74. The summed E-state index contributed by atoms with van der Waals surface area (Å²) in [6, 6.07) is 1.88. The van der Waals surface area contributed by atoms with Gasteiger partial charge in [0.1, 0.15) is 5.82 Å². The van der Waals surface area contributed by atoms with Crippen LogP contribution in [-0.2, 0) is 0 Å². The van der Waals surface area contributed by atoms with E-state index in [0.717, 1.165) is 30.2 Å². The largest absolute Gasteiger partial charge is 0.304 e. The van der Waals surface area contributed by atoms with Crippen LogP contribution in [0.3, 0.4) is 0 Å². The van der Waals surface area contributed by atoms with Crippen LogP contribution in [0.1, 0.15) is 36.6 Å². The van der Waals surface area contributed by atoms with Gasteiger partial charge in [0.2, 0.25) is 0 Å². The maximum Gasteiger partial charge on any atom is 0.125 e. The highest BCUT2D eigenvalue weighted by molar-refractivity contribution is 5.19. The molecule has 1 N–H and O–H groups in total. The van der Waals surface area contributed by atoms with Gasteiger partial charge < -0.3 is 5.32 Å². The first-order chi connectivity index (χ1) is 8.81. The number of hydrogen-bond acceptors (Lipinski definition) is 5. The van der Waals surface area contributed by atoms with Crippen LogP contribution in [0.25, 0.3) is 0 Å². The minimum Gasteiger partial charge on any atom is -0.304 e. The minimum atomic E-state index is -0.0275. The molecule has 0 bridgehead atoms. The molecular formula is C13H17N5. The second kappa shape index (κ2) is 6.16. The molecule has 2 aromatic heterocycles. The molecule has 1 atom stereocenters. The SMILES string of the molecule is CCCNC(c1cnccn1)c1ccnc(C)n1. The molecule has 2 rings (SSSR count). The first kappa shape index (κ1) is 12.6. The molecule has 0 saturated carbocycles. The predicted octanol–water partition coefficient (Wildman–Crippen LogP) is 1.66. The topological polar surface area (TPSA) is 63.6 Å². The molecule has 5 heteroatoms. The number of nitrogens with zero attached hydrogens (tertiary/aromatic N) is 4. The van der Waals surface area contributed by atoms with Crippen molar-refractivity contribution in [3.8, 4) is 0 Å². The van der Waals surface area contributed by atoms with Crippen molar-refractivity contribution in [3.05, 3.63) is 48.1 Å². The Morgan fingerprint density at radius 3 is 2.72 bits per heavy atom. The lowest BCUT2D eigenvalue weighted by Crippen LogP contribution is -2.25. The van der Waals surface area contributed by atoms with E-state index in [1.165, 1.54) is 0 Å². The summed E-state index contributed by atoms with van der Waals surface area (Å²) >= 11 is 0. The van der Waals surface area contributed by atoms with Crippen molar-refractivity contribution in [1.82, 2.24) is 25.3 Å². The summed E-state index contributed by atoms with van der Waals surface area (Å²) in [4.78, 5) is 17.1. The molecule has 0 aliphatic rings. The van der Waals surface area contributed by atoms with E-state index >= 15 is 0 Å². The summed E-state index contributed by atoms with van der Waals surface area (Å²) in [6.45, 7) is 4.92. The van der Waals surface area contributed by atoms with Crippen LogP contribution in [0.4, 0.5) is 0 Å². The molecule has 1 unspecified atom stereocenters. The van der Waals surface area contributed by atoms with E-state index in [1.54, 1.807) is 24.8 Å². The van der Waals surface area contributed by atoms with Crippen molar-refractivity contribution in [2.75, 3.05) is 6.54 Å². The fraction of sp³-hybridized carbons (Fsp3) is 0.385. The van der Waals surface area contributed by atoms with Crippen LogP contribution in [0, 0.1) is 6.92 Å². The molecule has 0 aliphatic heterocycles. The summed E-state index contributed by atoms with van der Waals surface area (Å²) in [5.41, 5.74) is 1.81. The Morgan fingerprint density at radius 2 is 2.06 bits per heavy atom. The Balaban J connectivity index is 2.31. The van der Waals surface area contributed by atoms with Gasteiger partial charge in [-0.2, -0.15) is 0 Å². The molecule has 2 aromatic rings. The van der Waals surface area contributed by atoms with Crippen molar-refractivity contribution in [2.24, 2.45) is 0 Å². The molecule has 0 fully saturated rings. The Hall–Kier alpha value is -1.88. The number of rotatable bonds is 5. The van der Waals surface area contributed by atoms with Crippen molar-refractivity contribution < 1.29 is 0 Å². The van der Waals surface area contributed by atoms with Crippen LogP contribution >= 0.6 is 0 Å². The Bertz CT molecular complexity index is 486. The van der Waals surface area contributed by atoms with Crippen LogP contribution in [0.2, 0.25) is 0 Å². The molecule has 94 valence electrons. The van der Waals surface area contributed by atoms with Crippen LogP contribution in [0.5, 0.6) is 0 Å². The number of nitrogens with one attached hydrogen (secondary N) is 1. The Kier molecular flexibility index (Phi) is 4.30. The average molecular weight is 243 g/mol. The summed E-state index contributed by atoms with van der Waals surface area (Å²) in [5, 5.41) is 3.44. The van der Waals surface area contributed by atoms with Gasteiger partial charge in [-0.05, 0) is 26.0 Å². The molecule has 2 heterocycles. The van der Waals surface area contributed by atoms with Gasteiger partial charge in [0.05, 0.1) is 23.6 Å². The van der Waals surface area contributed by atoms with Gasteiger partial charge in [0.15, 0.2) is 0 Å². The predicted molar refractivity (Wildman–Crippen MR) is 68.9 cm³/mol. The van der Waals surface area contributed by atoms with E-state index in [2.05, 4.69) is 32.2 Å². The first-order valence-corrected chi connectivity index (χ1v) is 6.10. The maximum absolute atomic E-state index is 4.46. The average Bonchev–Trinajstić information content (AvgIpc) is 2.40. The van der Waals surface area contributed by atoms with Gasteiger partial charge in [-0.25, -0.2) is 9.97 Å². The standard InChI is InChI=1S/C13H17N5/c1-3-5-17-13(12-9-14-7-8-16-12)11-4-6-15-10(2)18-11/h4,6-9,13,17H,3,5H2,1-2H3. The normalized spacial score (nSPS) is 12.3. The van der Waals surface area contributed by atoms with E-state index < -0.39 is 0 Å². The lowest BCUT2D eigenvalue weighted by molar-refractivity contribution is 0.570. The zero-order valence-corrected chi connectivity index (χ0v) is 10.7. The third-order valence-corrected chi connectivity index (χ3v) is 2.57. The zero-order chi connectivity index (χ0) is 12.8. The Labute approximate surface area is 107 Å². The lowest BCUT2D eigenvalue weighted by Gasteiger charge is -2.17. The molecule has 0 saturated heterocycles. The lowest BCUT2D eigenvalue weighted by atomic mass is 10.1. The fourth-order valence-electron chi connectivity index (χ4n) is 1.74. The van der Waals surface area contributed by atoms with Crippen LogP contribution in [-0.4, -0.2) is 26.5 Å². The number of aromatic nitrogens is 4. The molecule has 5 nitrogen and oxygen atoms in total. The summed E-state index contributed by atoms with van der Waals surface area (Å²) in [7, 11) is 0. The van der Waals surface area contributed by atoms with Gasteiger partial charge in [-0.1, -0.05) is 6.92 Å². The van der Waals surface area contributed by atoms with Crippen molar-refractivity contribution >= 4 is 0 Å². The second-order valence-electron chi connectivity index (χ2n) is 4.05. The van der Waals surface area contributed by atoms with Gasteiger partial charge in [-0.15, -0.1) is 0 Å². The minimum absolute atomic E-state index is 0.0275. The van der Waals surface area contributed by atoms with E-state index in [9.17, 15) is 0 Å². The Morgan fingerprint density at radius 1 is 1.17 bits per heavy atom. The second-order valence-corrected chi connectivity index (χ2v) is 4.05. The molecule has 0 aliphatic carbocycles. The number of hydrogen-bond donors (Lipinski definition) is 1. The van der Waals surface area contributed by atoms with E-state index in [-0.39, 0.29) is 6.04 Å². The van der Waals surface area contributed by atoms with Gasteiger partial charge in [0, 0.05) is 18.6 Å². The van der Waals surface area contributed by atoms with Crippen LogP contribution in [0.15, 0.2) is 30.9 Å². The summed E-state index contributed by atoms with van der Waals surface area (Å²) < 4.78 is 0. The first-order valence-electron chi connectivity index (χ1n) is 6.10. The van der Waals surface area contributed by atoms with E-state index in [4.69, 9.17) is 0 Å².